The molecular formula is C6H15NaO4S. The SMILES string of the molecule is CCCC(O)CCS(=O)(=O)O.[H-].[Na+]. The van der Waals surface area contributed by atoms with Gasteiger partial charge in [0.1, 0.15) is 0 Å². The first-order chi connectivity index (χ1) is 4.95. The van der Waals surface area contributed by atoms with Gasteiger partial charge in [0, 0.05) is 0 Å². The number of hydrogen-bond acceptors (Lipinski definition) is 3. The van der Waals surface area contributed by atoms with Crippen molar-refractivity contribution >= 4 is 10.1 Å². The topological polar surface area (TPSA) is 74.6 Å². The van der Waals surface area contributed by atoms with E-state index in [1.807, 2.05) is 6.92 Å². The van der Waals surface area contributed by atoms with Crippen molar-refractivity contribution in [2.24, 2.45) is 0 Å². The monoisotopic (exact) mass is 206 g/mol. The second-order valence-corrected chi connectivity index (χ2v) is 4.09. The molecule has 2 N–H and O–H groups in total. The zero-order valence-electron chi connectivity index (χ0n) is 8.52. The molecule has 6 heteroatoms. The summed E-state index contributed by atoms with van der Waals surface area (Å²) < 4.78 is 28.7. The van der Waals surface area contributed by atoms with E-state index >= 15 is 0 Å². The summed E-state index contributed by atoms with van der Waals surface area (Å²) in [5.74, 6) is -0.353. The first-order valence-corrected chi connectivity index (χ1v) is 5.20. The molecule has 70 valence electrons. The summed E-state index contributed by atoms with van der Waals surface area (Å²) in [6, 6.07) is 0. The molecule has 1 unspecified atom stereocenters. The van der Waals surface area contributed by atoms with Crippen molar-refractivity contribution < 1.29 is 49.1 Å². The molecule has 0 aromatic rings. The predicted octanol–water partition coefficient (Wildman–Crippen LogP) is -2.46. The van der Waals surface area contributed by atoms with Gasteiger partial charge in [-0.2, -0.15) is 8.42 Å². The number of aliphatic hydroxyl groups is 1. The smallest absolute Gasteiger partial charge is 1.00 e. The molecule has 12 heavy (non-hydrogen) atoms. The Bertz CT molecular complexity index is 195. The first kappa shape index (κ1) is 15.3. The van der Waals surface area contributed by atoms with Gasteiger partial charge in [-0.25, -0.2) is 0 Å². The summed E-state index contributed by atoms with van der Waals surface area (Å²) in [6.07, 6.45) is 0.899. The minimum atomic E-state index is -3.90. The van der Waals surface area contributed by atoms with Crippen LogP contribution in [0.25, 0.3) is 0 Å². The second-order valence-electron chi connectivity index (χ2n) is 2.52. The van der Waals surface area contributed by atoms with Crippen LogP contribution in [0.15, 0.2) is 0 Å². The molecule has 0 fully saturated rings. The van der Waals surface area contributed by atoms with Gasteiger partial charge >= 0.3 is 29.6 Å². The van der Waals surface area contributed by atoms with Gasteiger partial charge in [-0.3, -0.25) is 4.55 Å². The molecule has 0 spiro atoms. The Morgan fingerprint density at radius 1 is 1.42 bits per heavy atom. The van der Waals surface area contributed by atoms with Crippen LogP contribution in [0, 0.1) is 0 Å². The molecule has 0 amide bonds. The van der Waals surface area contributed by atoms with Gasteiger partial charge in [0.2, 0.25) is 0 Å². The van der Waals surface area contributed by atoms with Crippen molar-refractivity contribution in [3.05, 3.63) is 0 Å². The van der Waals surface area contributed by atoms with Crippen molar-refractivity contribution in [1.29, 1.82) is 0 Å². The molecule has 0 bridgehead atoms. The van der Waals surface area contributed by atoms with Gasteiger partial charge in [-0.15, -0.1) is 0 Å². The van der Waals surface area contributed by atoms with Crippen molar-refractivity contribution in [3.63, 3.8) is 0 Å². The largest absolute Gasteiger partial charge is 1.00 e. The molecular weight excluding hydrogens is 191 g/mol. The average Bonchev–Trinajstić information content (AvgIpc) is 1.83. The Balaban J connectivity index is -0.000000500. The van der Waals surface area contributed by atoms with E-state index < -0.39 is 16.2 Å². The number of rotatable bonds is 5. The Hall–Kier alpha value is 0.870. The van der Waals surface area contributed by atoms with Gasteiger partial charge in [-0.1, -0.05) is 13.3 Å². The summed E-state index contributed by atoms with van der Waals surface area (Å²) in [6.45, 7) is 1.90. The van der Waals surface area contributed by atoms with E-state index in [0.29, 0.717) is 6.42 Å². The maximum atomic E-state index is 10.2. The average molecular weight is 206 g/mol. The molecule has 0 aliphatic carbocycles. The van der Waals surface area contributed by atoms with Crippen LogP contribution in [0.1, 0.15) is 27.6 Å². The minimum absolute atomic E-state index is 0. The zero-order chi connectivity index (χ0) is 8.91. The third kappa shape index (κ3) is 10.9. The van der Waals surface area contributed by atoms with Crippen molar-refractivity contribution in [2.75, 3.05) is 5.75 Å². The van der Waals surface area contributed by atoms with E-state index in [1.54, 1.807) is 0 Å². The minimum Gasteiger partial charge on any atom is -1.00 e. The fraction of sp³-hybridized carbons (Fsp3) is 1.00. The van der Waals surface area contributed by atoms with Crippen molar-refractivity contribution in [2.45, 2.75) is 32.3 Å². The Kier molecular flexibility index (Phi) is 9.32. The third-order valence-electron chi connectivity index (χ3n) is 1.33. The maximum Gasteiger partial charge on any atom is 1.00 e. The van der Waals surface area contributed by atoms with Crippen LogP contribution in [0.2, 0.25) is 0 Å². The summed E-state index contributed by atoms with van der Waals surface area (Å²) in [7, 11) is -3.90. The van der Waals surface area contributed by atoms with Gasteiger partial charge in [0.15, 0.2) is 0 Å². The predicted molar refractivity (Wildman–Crippen MR) is 43.1 cm³/mol. The van der Waals surface area contributed by atoms with Crippen LogP contribution >= 0.6 is 0 Å². The number of aliphatic hydroxyl groups excluding tert-OH is 1. The molecule has 0 aromatic carbocycles. The molecule has 0 aliphatic heterocycles. The third-order valence-corrected chi connectivity index (χ3v) is 2.08. The van der Waals surface area contributed by atoms with E-state index in [9.17, 15) is 8.42 Å². The quantitative estimate of drug-likeness (QED) is 0.386. The number of hydrogen-bond donors (Lipinski definition) is 2. The van der Waals surface area contributed by atoms with Gasteiger partial charge in [-0.05, 0) is 12.8 Å². The van der Waals surface area contributed by atoms with E-state index in [4.69, 9.17) is 9.66 Å². The van der Waals surface area contributed by atoms with Crippen LogP contribution in [-0.2, 0) is 10.1 Å². The Morgan fingerprint density at radius 2 is 1.92 bits per heavy atom. The second kappa shape index (κ2) is 7.29. The summed E-state index contributed by atoms with van der Waals surface area (Å²) in [4.78, 5) is 0. The molecule has 0 radical (unpaired) electrons. The van der Waals surface area contributed by atoms with Gasteiger partial charge < -0.3 is 6.53 Å². The van der Waals surface area contributed by atoms with Crippen molar-refractivity contribution in [3.8, 4) is 0 Å². The van der Waals surface area contributed by atoms with E-state index in [1.165, 1.54) is 0 Å². The molecule has 0 aromatic heterocycles. The summed E-state index contributed by atoms with van der Waals surface area (Å²) in [5, 5.41) is 9.04. The first-order valence-electron chi connectivity index (χ1n) is 3.59. The fourth-order valence-electron chi connectivity index (χ4n) is 0.763. The zero-order valence-corrected chi connectivity index (χ0v) is 10.3. The molecule has 0 aliphatic rings. The van der Waals surface area contributed by atoms with E-state index in [0.717, 1.165) is 6.42 Å². The summed E-state index contributed by atoms with van der Waals surface area (Å²) >= 11 is 0. The normalized spacial score (nSPS) is 13.6. The molecule has 0 saturated carbocycles. The van der Waals surface area contributed by atoms with Crippen LogP contribution < -0.4 is 29.6 Å². The molecule has 1 atom stereocenters. The molecule has 4 nitrogen and oxygen atoms in total. The van der Waals surface area contributed by atoms with Crippen LogP contribution in [0.5, 0.6) is 0 Å². The van der Waals surface area contributed by atoms with Crippen LogP contribution in [0.4, 0.5) is 0 Å². The molecule has 0 heterocycles. The van der Waals surface area contributed by atoms with Crippen LogP contribution in [-0.4, -0.2) is 29.9 Å². The molecule has 0 rings (SSSR count). The van der Waals surface area contributed by atoms with Crippen LogP contribution in [0.3, 0.4) is 0 Å². The Morgan fingerprint density at radius 3 is 2.25 bits per heavy atom. The van der Waals surface area contributed by atoms with E-state index in [2.05, 4.69) is 0 Å². The standard InChI is InChI=1S/C6H14O4S.Na.H/c1-2-3-6(7)4-5-11(8,9)10;;/h6-7H,2-5H2,1H3,(H,8,9,10);;/q;+1;-1. The summed E-state index contributed by atoms with van der Waals surface area (Å²) in [5.41, 5.74) is 0. The molecule has 0 saturated heterocycles. The van der Waals surface area contributed by atoms with Gasteiger partial charge in [0.25, 0.3) is 10.1 Å². The maximum absolute atomic E-state index is 10.2. The van der Waals surface area contributed by atoms with E-state index in [-0.39, 0.29) is 43.2 Å². The fourth-order valence-corrected chi connectivity index (χ4v) is 1.33. The Labute approximate surface area is 96.9 Å². The van der Waals surface area contributed by atoms with Gasteiger partial charge in [0.05, 0.1) is 11.9 Å². The van der Waals surface area contributed by atoms with Crippen molar-refractivity contribution in [1.82, 2.24) is 0 Å².